The molecule has 0 fully saturated rings. The van der Waals surface area contributed by atoms with Gasteiger partial charge in [-0.3, -0.25) is 4.72 Å². The lowest BCUT2D eigenvalue weighted by Crippen LogP contribution is -2.12. The topological polar surface area (TPSA) is 46.2 Å². The zero-order valence-electron chi connectivity index (χ0n) is 9.81. The normalized spacial score (nSPS) is 11.3. The predicted octanol–water partition coefficient (Wildman–Crippen LogP) is 3.99. The number of benzene rings is 2. The van der Waals surface area contributed by atoms with Crippen LogP contribution < -0.4 is 4.72 Å². The van der Waals surface area contributed by atoms with E-state index in [1.54, 1.807) is 42.5 Å². The Morgan fingerprint density at radius 1 is 1.11 bits per heavy atom. The summed E-state index contributed by atoms with van der Waals surface area (Å²) in [6.45, 7) is 0. The van der Waals surface area contributed by atoms with Crippen molar-refractivity contribution in [2.75, 3.05) is 4.72 Å². The van der Waals surface area contributed by atoms with Crippen LogP contribution >= 0.6 is 27.5 Å². The van der Waals surface area contributed by atoms with E-state index in [-0.39, 0.29) is 4.90 Å². The molecule has 0 spiro atoms. The Hall–Kier alpha value is -1.04. The fourth-order valence-corrected chi connectivity index (χ4v) is 3.38. The molecule has 3 nitrogen and oxygen atoms in total. The predicted molar refractivity (Wildman–Crippen MR) is 80.9 cm³/mol. The van der Waals surface area contributed by atoms with Crippen LogP contribution in [-0.4, -0.2) is 8.42 Å². The molecule has 100 valence electrons. The second-order valence-corrected chi connectivity index (χ2v) is 6.76. The van der Waals surface area contributed by atoms with Crippen LogP contribution in [0.3, 0.4) is 0 Å². The minimum absolute atomic E-state index is 0.207. The van der Waals surface area contributed by atoms with Crippen molar-refractivity contribution >= 4 is 43.2 Å². The van der Waals surface area contributed by atoms with Gasteiger partial charge in [-0.15, -0.1) is 11.6 Å². The van der Waals surface area contributed by atoms with Gasteiger partial charge in [0.25, 0.3) is 10.0 Å². The van der Waals surface area contributed by atoms with Crippen LogP contribution in [0.4, 0.5) is 5.69 Å². The molecule has 0 aromatic heterocycles. The fourth-order valence-electron chi connectivity index (χ4n) is 1.57. The molecule has 0 unspecified atom stereocenters. The van der Waals surface area contributed by atoms with Gasteiger partial charge in [-0.05, 0) is 35.9 Å². The summed E-state index contributed by atoms with van der Waals surface area (Å²) < 4.78 is 27.6. The summed E-state index contributed by atoms with van der Waals surface area (Å²) in [7, 11) is -3.58. The van der Waals surface area contributed by atoms with E-state index in [1.165, 1.54) is 0 Å². The van der Waals surface area contributed by atoms with Crippen LogP contribution in [0.2, 0.25) is 0 Å². The Balaban J connectivity index is 2.31. The maximum absolute atomic E-state index is 12.2. The highest BCUT2D eigenvalue weighted by Crippen LogP contribution is 2.20. The Kier molecular flexibility index (Phi) is 4.50. The van der Waals surface area contributed by atoms with E-state index in [0.717, 1.165) is 5.56 Å². The molecule has 0 atom stereocenters. The third-order valence-corrected chi connectivity index (χ3v) is 4.62. The zero-order chi connectivity index (χ0) is 13.9. The monoisotopic (exact) mass is 359 g/mol. The highest BCUT2D eigenvalue weighted by Gasteiger charge is 2.14. The Labute approximate surface area is 125 Å². The van der Waals surface area contributed by atoms with Crippen molar-refractivity contribution in [2.45, 2.75) is 10.8 Å². The average molecular weight is 361 g/mol. The van der Waals surface area contributed by atoms with Crippen molar-refractivity contribution in [3.05, 3.63) is 58.6 Å². The number of anilines is 1. The van der Waals surface area contributed by atoms with Gasteiger partial charge in [0.2, 0.25) is 0 Å². The van der Waals surface area contributed by atoms with Crippen LogP contribution in [0.1, 0.15) is 5.56 Å². The SMILES string of the molecule is O=S(=O)(Nc1cccc(CCl)c1)c1cccc(Br)c1. The van der Waals surface area contributed by atoms with Crippen molar-refractivity contribution < 1.29 is 8.42 Å². The van der Waals surface area contributed by atoms with Crippen LogP contribution in [0.25, 0.3) is 0 Å². The maximum atomic E-state index is 12.2. The largest absolute Gasteiger partial charge is 0.280 e. The molecular formula is C13H11BrClNO2S. The maximum Gasteiger partial charge on any atom is 0.261 e. The van der Waals surface area contributed by atoms with E-state index < -0.39 is 10.0 Å². The van der Waals surface area contributed by atoms with E-state index in [9.17, 15) is 8.42 Å². The summed E-state index contributed by atoms with van der Waals surface area (Å²) in [5.74, 6) is 0.340. The first-order valence-electron chi connectivity index (χ1n) is 5.44. The first-order valence-corrected chi connectivity index (χ1v) is 8.25. The molecule has 2 rings (SSSR count). The van der Waals surface area contributed by atoms with E-state index in [4.69, 9.17) is 11.6 Å². The fraction of sp³-hybridized carbons (Fsp3) is 0.0769. The van der Waals surface area contributed by atoms with Gasteiger partial charge in [-0.2, -0.15) is 0 Å². The molecule has 0 saturated heterocycles. The lowest BCUT2D eigenvalue weighted by molar-refractivity contribution is 0.601. The summed E-state index contributed by atoms with van der Waals surface area (Å²) in [5, 5.41) is 0. The molecule has 0 saturated carbocycles. The summed E-state index contributed by atoms with van der Waals surface area (Å²) in [6, 6.07) is 13.5. The molecule has 1 N–H and O–H groups in total. The van der Waals surface area contributed by atoms with Crippen LogP contribution in [0, 0.1) is 0 Å². The van der Waals surface area contributed by atoms with Gasteiger partial charge in [0.1, 0.15) is 0 Å². The number of halogens is 2. The van der Waals surface area contributed by atoms with Crippen LogP contribution in [0.15, 0.2) is 57.9 Å². The molecule has 0 radical (unpaired) electrons. The van der Waals surface area contributed by atoms with Crippen molar-refractivity contribution in [2.24, 2.45) is 0 Å². The van der Waals surface area contributed by atoms with Gasteiger partial charge in [0.15, 0.2) is 0 Å². The number of alkyl halides is 1. The van der Waals surface area contributed by atoms with E-state index in [0.29, 0.717) is 16.0 Å². The lowest BCUT2D eigenvalue weighted by Gasteiger charge is -2.09. The van der Waals surface area contributed by atoms with E-state index in [2.05, 4.69) is 20.7 Å². The quantitative estimate of drug-likeness (QED) is 0.838. The van der Waals surface area contributed by atoms with Gasteiger partial charge < -0.3 is 0 Å². The minimum atomic E-state index is -3.58. The smallest absolute Gasteiger partial charge is 0.261 e. The first kappa shape index (κ1) is 14.4. The van der Waals surface area contributed by atoms with Crippen LogP contribution in [0.5, 0.6) is 0 Å². The summed E-state index contributed by atoms with van der Waals surface area (Å²) in [5.41, 5.74) is 1.36. The van der Waals surface area contributed by atoms with Gasteiger partial charge in [-0.1, -0.05) is 34.1 Å². The molecule has 2 aromatic carbocycles. The zero-order valence-corrected chi connectivity index (χ0v) is 13.0. The lowest BCUT2D eigenvalue weighted by atomic mass is 10.2. The summed E-state index contributed by atoms with van der Waals surface area (Å²) in [6.07, 6.45) is 0. The molecule has 0 aliphatic rings. The van der Waals surface area contributed by atoms with E-state index in [1.807, 2.05) is 6.07 Å². The van der Waals surface area contributed by atoms with Crippen molar-refractivity contribution in [1.29, 1.82) is 0 Å². The van der Waals surface area contributed by atoms with Gasteiger partial charge in [0, 0.05) is 16.0 Å². The second kappa shape index (κ2) is 5.94. The number of hydrogen-bond acceptors (Lipinski definition) is 2. The number of sulfonamides is 1. The highest BCUT2D eigenvalue weighted by molar-refractivity contribution is 9.10. The number of hydrogen-bond donors (Lipinski definition) is 1. The second-order valence-electron chi connectivity index (χ2n) is 3.90. The molecule has 2 aromatic rings. The average Bonchev–Trinajstić information content (AvgIpc) is 2.38. The Bertz CT molecular complexity index is 689. The molecular weight excluding hydrogens is 350 g/mol. The minimum Gasteiger partial charge on any atom is -0.280 e. The van der Waals surface area contributed by atoms with E-state index >= 15 is 0 Å². The molecule has 19 heavy (non-hydrogen) atoms. The third-order valence-electron chi connectivity index (χ3n) is 2.44. The number of rotatable bonds is 4. The molecule has 0 aliphatic carbocycles. The molecule has 0 amide bonds. The molecule has 0 heterocycles. The Morgan fingerprint density at radius 3 is 2.53 bits per heavy atom. The van der Waals surface area contributed by atoms with Gasteiger partial charge in [-0.25, -0.2) is 8.42 Å². The van der Waals surface area contributed by atoms with Gasteiger partial charge in [0.05, 0.1) is 4.90 Å². The summed E-state index contributed by atoms with van der Waals surface area (Å²) in [4.78, 5) is 0.207. The highest BCUT2D eigenvalue weighted by atomic mass is 79.9. The van der Waals surface area contributed by atoms with Crippen molar-refractivity contribution in [3.63, 3.8) is 0 Å². The molecule has 0 bridgehead atoms. The van der Waals surface area contributed by atoms with Crippen LogP contribution in [-0.2, 0) is 15.9 Å². The first-order chi connectivity index (χ1) is 9.01. The standard InChI is InChI=1S/C13H11BrClNO2S/c14-11-4-2-6-13(8-11)19(17,18)16-12-5-1-3-10(7-12)9-15/h1-8,16H,9H2. The van der Waals surface area contributed by atoms with Gasteiger partial charge >= 0.3 is 0 Å². The molecule has 6 heteroatoms. The molecule has 0 aliphatic heterocycles. The van der Waals surface area contributed by atoms with Crippen molar-refractivity contribution in [1.82, 2.24) is 0 Å². The Morgan fingerprint density at radius 2 is 1.84 bits per heavy atom. The summed E-state index contributed by atoms with van der Waals surface area (Å²) >= 11 is 8.98. The third kappa shape index (κ3) is 3.72. The number of nitrogens with one attached hydrogen (secondary N) is 1. The van der Waals surface area contributed by atoms with Crippen molar-refractivity contribution in [3.8, 4) is 0 Å².